The normalized spacial score (nSPS) is 34.0. The minimum Gasteiger partial charge on any atom is -0.458 e. The number of benzene rings is 1. The number of nitrogens with two attached hydrogens (primary N) is 1. The highest BCUT2D eigenvalue weighted by atomic mass is 16.7. The number of aliphatic hydroxyl groups excluding tert-OH is 1. The molecule has 3 heterocycles. The molecule has 1 aromatic heterocycles. The molecular formula is C44H64N6O12. The molecule has 13 atom stereocenters. The van der Waals surface area contributed by atoms with E-state index in [1.54, 1.807) is 50.9 Å². The third-order valence-corrected chi connectivity index (χ3v) is 12.0. The monoisotopic (exact) mass is 868 g/mol. The fourth-order valence-electron chi connectivity index (χ4n) is 8.40. The van der Waals surface area contributed by atoms with Crippen molar-refractivity contribution in [1.82, 2.24) is 25.0 Å². The van der Waals surface area contributed by atoms with Crippen LogP contribution in [0.25, 0.3) is 11.8 Å². The van der Waals surface area contributed by atoms with E-state index in [-0.39, 0.29) is 37.5 Å². The molecule has 18 heteroatoms. The summed E-state index contributed by atoms with van der Waals surface area (Å²) >= 11 is 0. The van der Waals surface area contributed by atoms with Crippen LogP contribution in [0.3, 0.4) is 0 Å². The number of likely N-dealkylation sites (N-methyl/N-ethyl adjacent to an activating group) is 1. The fraction of sp³-hybridized carbons (Fsp3) is 0.614. The lowest BCUT2D eigenvalue weighted by Gasteiger charge is -2.48. The lowest BCUT2D eigenvalue weighted by molar-refractivity contribution is -0.300. The first-order valence-electron chi connectivity index (χ1n) is 20.9. The van der Waals surface area contributed by atoms with E-state index in [4.69, 9.17) is 34.2 Å². The van der Waals surface area contributed by atoms with Crippen molar-refractivity contribution in [2.45, 2.75) is 135 Å². The highest BCUT2D eigenvalue weighted by Gasteiger charge is 2.54. The number of amides is 1. The van der Waals surface area contributed by atoms with E-state index in [2.05, 4.69) is 22.0 Å². The maximum atomic E-state index is 14.3. The molecule has 18 nitrogen and oxygen atoms in total. The van der Waals surface area contributed by atoms with Crippen molar-refractivity contribution >= 4 is 36.4 Å². The van der Waals surface area contributed by atoms with Gasteiger partial charge >= 0.3 is 18.0 Å². The van der Waals surface area contributed by atoms with Crippen molar-refractivity contribution in [1.29, 1.82) is 0 Å². The summed E-state index contributed by atoms with van der Waals surface area (Å²) in [6, 6.07) is 5.76. The van der Waals surface area contributed by atoms with Gasteiger partial charge in [-0.2, -0.15) is 5.10 Å². The SMILES string of the molecule is C=C1C(=O)[C@H](C)C[C@@](C)(OC(=O)NC/C=C/c2ccc(-n3cncn3)cc2)[C@H](O[C@@H]2O[C@H](C)C[C@H](N(C)C)[C@H]2OC(C)=O)[C@@H](C)[C@H](O)[C@@H](C)C(=O)O[C@H](CC)[C@@](C)(OC=O)[C@@H]1N. The van der Waals surface area contributed by atoms with E-state index in [9.17, 15) is 29.1 Å². The number of aliphatic hydroxyl groups is 1. The summed E-state index contributed by atoms with van der Waals surface area (Å²) in [5.74, 6) is -5.27. The molecule has 1 amide bonds. The Balaban J connectivity index is 1.77. The number of nitrogens with one attached hydrogen (secondary N) is 1. The maximum absolute atomic E-state index is 14.3. The maximum Gasteiger partial charge on any atom is 0.408 e. The van der Waals surface area contributed by atoms with Gasteiger partial charge in [0.1, 0.15) is 30.5 Å². The molecule has 2 aliphatic heterocycles. The van der Waals surface area contributed by atoms with Crippen LogP contribution in [0.2, 0.25) is 0 Å². The summed E-state index contributed by atoms with van der Waals surface area (Å²) in [5.41, 5.74) is 4.65. The molecule has 0 radical (unpaired) electrons. The lowest BCUT2D eigenvalue weighted by Crippen LogP contribution is -2.62. The van der Waals surface area contributed by atoms with E-state index >= 15 is 0 Å². The van der Waals surface area contributed by atoms with Crippen LogP contribution in [0.4, 0.5) is 4.79 Å². The molecule has 342 valence electrons. The minimum atomic E-state index is -1.79. The number of carbonyl (C=O) groups is 5. The van der Waals surface area contributed by atoms with Crippen molar-refractivity contribution in [3.63, 3.8) is 0 Å². The Kier molecular flexibility index (Phi) is 17.1. The zero-order chi connectivity index (χ0) is 46.1. The van der Waals surface area contributed by atoms with Crippen LogP contribution in [-0.4, -0.2) is 136 Å². The first-order valence-corrected chi connectivity index (χ1v) is 20.9. The molecule has 62 heavy (non-hydrogen) atoms. The van der Waals surface area contributed by atoms with E-state index in [1.807, 2.05) is 50.2 Å². The van der Waals surface area contributed by atoms with Gasteiger partial charge in [0.25, 0.3) is 6.47 Å². The number of esters is 2. The van der Waals surface area contributed by atoms with Crippen LogP contribution in [0.15, 0.2) is 55.1 Å². The first kappa shape index (κ1) is 49.6. The van der Waals surface area contributed by atoms with E-state index in [0.717, 1.165) is 11.3 Å². The lowest BCUT2D eigenvalue weighted by atomic mass is 9.75. The number of rotatable bonds is 12. The van der Waals surface area contributed by atoms with Crippen molar-refractivity contribution in [2.75, 3.05) is 20.6 Å². The number of cyclic esters (lactones) is 1. The summed E-state index contributed by atoms with van der Waals surface area (Å²) < 4.78 is 38.2. The molecule has 4 rings (SSSR count). The highest BCUT2D eigenvalue weighted by molar-refractivity contribution is 5.97. The quantitative estimate of drug-likeness (QED) is 0.120. The minimum absolute atomic E-state index is 0.0304. The Morgan fingerprint density at radius 1 is 1.15 bits per heavy atom. The van der Waals surface area contributed by atoms with Gasteiger partial charge in [0, 0.05) is 30.9 Å². The van der Waals surface area contributed by atoms with Crippen molar-refractivity contribution in [2.24, 2.45) is 23.5 Å². The standard InChI is InChI=1S/C44H64N6O12/c1-12-34-44(9,57-24-51)38(45)27(4)35(53)25(2)21-43(8,62-42(56)47-19-13-14-31-15-17-32(18-16-31)50-23-46-22-48-50)39(28(5)36(54)29(6)40(55)60-34)61-41-37(59-30(7)52)33(49(10)11)20-26(3)58-41/h13-18,22-26,28-29,33-34,36-39,41,54H,4,12,19-21,45H2,1-3,5-11H3,(H,47,56)/b14-13+/t25-,26-,28+,29-,33+,34-,36+,37-,38-,39-,41+,43-,44-/m1/s1. The fourth-order valence-corrected chi connectivity index (χ4v) is 8.40. The van der Waals surface area contributed by atoms with Crippen LogP contribution in [0, 0.1) is 17.8 Å². The largest absolute Gasteiger partial charge is 0.458 e. The average molecular weight is 869 g/mol. The van der Waals surface area contributed by atoms with Crippen molar-refractivity contribution in [3.05, 3.63) is 60.7 Å². The van der Waals surface area contributed by atoms with Gasteiger partial charge in [0.05, 0.1) is 35.9 Å². The molecular weight excluding hydrogens is 805 g/mol. The van der Waals surface area contributed by atoms with Gasteiger partial charge in [-0.05, 0) is 78.7 Å². The number of Topliss-reactive ketones (excluding diaryl/α,β-unsaturated/α-hetero) is 1. The molecule has 0 aliphatic carbocycles. The van der Waals surface area contributed by atoms with E-state index in [1.165, 1.54) is 27.1 Å². The van der Waals surface area contributed by atoms with Gasteiger partial charge in [-0.15, -0.1) is 0 Å². The number of carbonyl (C=O) groups excluding carboxylic acids is 5. The summed E-state index contributed by atoms with van der Waals surface area (Å²) in [5, 5.41) is 18.9. The Hall–Kier alpha value is -5.01. The van der Waals surface area contributed by atoms with Crippen LogP contribution in [0.1, 0.15) is 80.2 Å². The summed E-state index contributed by atoms with van der Waals surface area (Å²) in [4.78, 5) is 72.3. The predicted molar refractivity (Wildman–Crippen MR) is 226 cm³/mol. The van der Waals surface area contributed by atoms with Crippen LogP contribution in [0.5, 0.6) is 0 Å². The average Bonchev–Trinajstić information content (AvgIpc) is 3.77. The molecule has 2 aliphatic rings. The smallest absolute Gasteiger partial charge is 0.408 e. The number of hydrogen-bond donors (Lipinski definition) is 3. The molecule has 0 unspecified atom stereocenters. The molecule has 0 saturated carbocycles. The topological polar surface area (TPSA) is 233 Å². The van der Waals surface area contributed by atoms with Crippen LogP contribution >= 0.6 is 0 Å². The van der Waals surface area contributed by atoms with Gasteiger partial charge in [-0.3, -0.25) is 19.2 Å². The molecule has 0 spiro atoms. The Morgan fingerprint density at radius 2 is 1.82 bits per heavy atom. The number of aromatic nitrogens is 3. The van der Waals surface area contributed by atoms with E-state index in [0.29, 0.717) is 6.42 Å². The second-order valence-corrected chi connectivity index (χ2v) is 17.0. The van der Waals surface area contributed by atoms with Gasteiger partial charge in [-0.1, -0.05) is 51.6 Å². The summed E-state index contributed by atoms with van der Waals surface area (Å²) in [6.07, 6.45) is -0.612. The van der Waals surface area contributed by atoms with Gasteiger partial charge < -0.3 is 49.5 Å². The second-order valence-electron chi connectivity index (χ2n) is 17.0. The summed E-state index contributed by atoms with van der Waals surface area (Å²) in [7, 11) is 3.66. The predicted octanol–water partition coefficient (Wildman–Crippen LogP) is 3.53. The number of ketones is 1. The molecule has 2 aromatic rings. The molecule has 2 fully saturated rings. The summed E-state index contributed by atoms with van der Waals surface area (Å²) in [6.45, 7) is 16.7. The third kappa shape index (κ3) is 11.7. The number of ether oxygens (including phenoxy) is 6. The van der Waals surface area contributed by atoms with Crippen molar-refractivity contribution in [3.8, 4) is 5.69 Å². The second kappa shape index (κ2) is 21.4. The van der Waals surface area contributed by atoms with E-state index < -0.39 is 95.6 Å². The number of hydrogen-bond acceptors (Lipinski definition) is 16. The molecule has 4 N–H and O–H groups in total. The van der Waals surface area contributed by atoms with Gasteiger partial charge in [0.15, 0.2) is 23.8 Å². The number of alkyl carbamates (subject to hydrolysis) is 1. The highest BCUT2D eigenvalue weighted by Crippen LogP contribution is 2.40. The number of nitrogens with zero attached hydrogens (tertiary/aromatic N) is 4. The Labute approximate surface area is 363 Å². The first-order chi connectivity index (χ1) is 29.2. The Morgan fingerprint density at radius 3 is 2.40 bits per heavy atom. The zero-order valence-electron chi connectivity index (χ0n) is 37.4. The third-order valence-electron chi connectivity index (χ3n) is 12.0. The molecule has 1 aromatic carbocycles. The van der Waals surface area contributed by atoms with Crippen LogP contribution in [-0.2, 0) is 47.6 Å². The van der Waals surface area contributed by atoms with Gasteiger partial charge in [-0.25, -0.2) is 14.5 Å². The zero-order valence-corrected chi connectivity index (χ0v) is 37.4. The molecule has 0 bridgehead atoms. The Bertz CT molecular complexity index is 1890. The molecule has 2 saturated heterocycles. The van der Waals surface area contributed by atoms with Gasteiger partial charge in [0.2, 0.25) is 0 Å². The van der Waals surface area contributed by atoms with Crippen LogP contribution < -0.4 is 11.1 Å². The van der Waals surface area contributed by atoms with Crippen molar-refractivity contribution < 1.29 is 57.5 Å².